The third kappa shape index (κ3) is 4.67. The number of aromatic amines is 1. The van der Waals surface area contributed by atoms with Crippen LogP contribution in [0.2, 0.25) is 0 Å². The Morgan fingerprint density at radius 2 is 2.18 bits per heavy atom. The van der Waals surface area contributed by atoms with Crippen molar-refractivity contribution in [2.75, 3.05) is 11.9 Å². The van der Waals surface area contributed by atoms with Gasteiger partial charge in [0.15, 0.2) is 5.82 Å². The number of nitrogens with zero attached hydrogens (tertiary/aromatic N) is 1. The van der Waals surface area contributed by atoms with Crippen LogP contribution in [0.5, 0.6) is 0 Å². The first-order valence-electron chi connectivity index (χ1n) is 5.65. The molecule has 1 aromatic rings. The van der Waals surface area contributed by atoms with E-state index in [2.05, 4.69) is 15.5 Å². The molecule has 0 aliphatic carbocycles. The second kappa shape index (κ2) is 6.67. The number of nitrogens with one attached hydrogen (secondary N) is 2. The van der Waals surface area contributed by atoms with Crippen molar-refractivity contribution in [3.05, 3.63) is 11.8 Å². The number of aromatic nitrogens is 2. The molecule has 0 saturated heterocycles. The molecule has 6 nitrogen and oxygen atoms in total. The lowest BCUT2D eigenvalue weighted by Crippen LogP contribution is -2.14. The number of carbonyl (C=O) groups is 2. The molecular weight excluding hydrogens is 222 g/mol. The molecule has 0 unspecified atom stereocenters. The summed E-state index contributed by atoms with van der Waals surface area (Å²) in [6.07, 6.45) is 1.02. The Balaban J connectivity index is 2.32. The average Bonchev–Trinajstić information content (AvgIpc) is 2.74. The van der Waals surface area contributed by atoms with Gasteiger partial charge < -0.3 is 10.1 Å². The van der Waals surface area contributed by atoms with Gasteiger partial charge in [-0.3, -0.25) is 14.7 Å². The lowest BCUT2D eigenvalue weighted by atomic mass is 10.3. The maximum absolute atomic E-state index is 11.4. The van der Waals surface area contributed by atoms with Crippen LogP contribution in [0.1, 0.15) is 32.4 Å². The number of hydrogen-bond donors (Lipinski definition) is 2. The summed E-state index contributed by atoms with van der Waals surface area (Å²) in [5.74, 6) is -0.123. The van der Waals surface area contributed by atoms with Gasteiger partial charge in [-0.1, -0.05) is 6.92 Å². The molecule has 1 heterocycles. The van der Waals surface area contributed by atoms with E-state index in [-0.39, 0.29) is 24.7 Å². The van der Waals surface area contributed by atoms with Gasteiger partial charge in [0.25, 0.3) is 0 Å². The van der Waals surface area contributed by atoms with Gasteiger partial charge in [-0.05, 0) is 13.3 Å². The smallest absolute Gasteiger partial charge is 0.306 e. The molecule has 0 atom stereocenters. The van der Waals surface area contributed by atoms with Crippen LogP contribution in [0.15, 0.2) is 6.07 Å². The fraction of sp³-hybridized carbons (Fsp3) is 0.545. The molecule has 0 aliphatic rings. The van der Waals surface area contributed by atoms with Crippen LogP contribution in [0.4, 0.5) is 5.82 Å². The van der Waals surface area contributed by atoms with Crippen LogP contribution in [-0.4, -0.2) is 28.7 Å². The van der Waals surface area contributed by atoms with Gasteiger partial charge in [0, 0.05) is 18.2 Å². The minimum Gasteiger partial charge on any atom is -0.466 e. The second-order valence-electron chi connectivity index (χ2n) is 3.49. The van der Waals surface area contributed by atoms with E-state index in [1.54, 1.807) is 13.0 Å². The molecule has 0 aliphatic heterocycles. The van der Waals surface area contributed by atoms with Gasteiger partial charge in [-0.25, -0.2) is 0 Å². The van der Waals surface area contributed by atoms with Crippen molar-refractivity contribution in [1.29, 1.82) is 0 Å². The maximum Gasteiger partial charge on any atom is 0.306 e. The number of amides is 1. The van der Waals surface area contributed by atoms with Crippen molar-refractivity contribution in [2.24, 2.45) is 0 Å². The van der Waals surface area contributed by atoms with Crippen LogP contribution < -0.4 is 5.32 Å². The summed E-state index contributed by atoms with van der Waals surface area (Å²) in [6.45, 7) is 4.05. The van der Waals surface area contributed by atoms with Gasteiger partial charge >= 0.3 is 5.97 Å². The molecule has 1 amide bonds. The van der Waals surface area contributed by atoms with Crippen molar-refractivity contribution < 1.29 is 14.3 Å². The molecule has 1 aromatic heterocycles. The number of ether oxygens (including phenoxy) is 1. The Bertz CT molecular complexity index is 387. The van der Waals surface area contributed by atoms with Crippen LogP contribution in [-0.2, 0) is 20.7 Å². The predicted octanol–water partition coefficient (Wildman–Crippen LogP) is 1.25. The van der Waals surface area contributed by atoms with Gasteiger partial charge in [0.05, 0.1) is 13.0 Å². The lowest BCUT2D eigenvalue weighted by Gasteiger charge is -2.01. The van der Waals surface area contributed by atoms with E-state index in [1.165, 1.54) is 0 Å². The van der Waals surface area contributed by atoms with Gasteiger partial charge in [-0.15, -0.1) is 0 Å². The number of H-pyrrole nitrogens is 1. The Morgan fingerprint density at radius 3 is 2.76 bits per heavy atom. The molecule has 2 N–H and O–H groups in total. The summed E-state index contributed by atoms with van der Waals surface area (Å²) >= 11 is 0. The number of anilines is 1. The quantitative estimate of drug-likeness (QED) is 0.732. The highest BCUT2D eigenvalue weighted by Crippen LogP contribution is 2.06. The van der Waals surface area contributed by atoms with Crippen LogP contribution in [0.25, 0.3) is 0 Å². The normalized spacial score (nSPS) is 10.0. The third-order valence-electron chi connectivity index (χ3n) is 2.14. The summed E-state index contributed by atoms with van der Waals surface area (Å²) in [6, 6.07) is 1.77. The summed E-state index contributed by atoms with van der Waals surface area (Å²) in [4.78, 5) is 22.5. The van der Waals surface area contributed by atoms with Gasteiger partial charge in [0.1, 0.15) is 0 Å². The number of aryl methyl sites for hydroxylation is 1. The number of rotatable bonds is 6. The van der Waals surface area contributed by atoms with Crippen LogP contribution >= 0.6 is 0 Å². The SMILES string of the molecule is CCOC(=O)CCC(=O)Nc1cc(CC)[nH]n1. The van der Waals surface area contributed by atoms with E-state index in [0.29, 0.717) is 12.4 Å². The predicted molar refractivity (Wildman–Crippen MR) is 62.5 cm³/mol. The first kappa shape index (κ1) is 13.2. The maximum atomic E-state index is 11.4. The van der Waals surface area contributed by atoms with Crippen molar-refractivity contribution in [2.45, 2.75) is 33.1 Å². The average molecular weight is 239 g/mol. The van der Waals surface area contributed by atoms with Crippen molar-refractivity contribution in [1.82, 2.24) is 10.2 Å². The highest BCUT2D eigenvalue weighted by molar-refractivity contribution is 5.91. The van der Waals surface area contributed by atoms with E-state index in [9.17, 15) is 9.59 Å². The van der Waals surface area contributed by atoms with E-state index in [1.807, 2.05) is 6.92 Å². The molecule has 0 fully saturated rings. The number of carbonyl (C=O) groups excluding carboxylic acids is 2. The lowest BCUT2D eigenvalue weighted by molar-refractivity contribution is -0.144. The summed E-state index contributed by atoms with van der Waals surface area (Å²) in [7, 11) is 0. The Kier molecular flexibility index (Phi) is 5.19. The zero-order chi connectivity index (χ0) is 12.7. The van der Waals surface area contributed by atoms with Crippen molar-refractivity contribution >= 4 is 17.7 Å². The molecule has 6 heteroatoms. The summed E-state index contributed by atoms with van der Waals surface area (Å²) in [5.41, 5.74) is 0.950. The van der Waals surface area contributed by atoms with Gasteiger partial charge in [0.2, 0.25) is 5.91 Å². The standard InChI is InChI=1S/C11H17N3O3/c1-3-8-7-9(14-13-8)12-10(15)5-6-11(16)17-4-2/h7H,3-6H2,1-2H3,(H2,12,13,14,15). The first-order valence-corrected chi connectivity index (χ1v) is 5.65. The molecule has 0 aromatic carbocycles. The fourth-order valence-electron chi connectivity index (χ4n) is 1.26. The number of esters is 1. The molecule has 0 saturated carbocycles. The highest BCUT2D eigenvalue weighted by Gasteiger charge is 2.09. The van der Waals surface area contributed by atoms with Crippen molar-refractivity contribution in [3.8, 4) is 0 Å². The summed E-state index contributed by atoms with van der Waals surface area (Å²) < 4.78 is 4.72. The molecule has 1 rings (SSSR count). The molecule has 17 heavy (non-hydrogen) atoms. The minimum absolute atomic E-state index is 0.0880. The van der Waals surface area contributed by atoms with E-state index in [0.717, 1.165) is 12.1 Å². The third-order valence-corrected chi connectivity index (χ3v) is 2.14. The zero-order valence-corrected chi connectivity index (χ0v) is 10.1. The molecule has 0 radical (unpaired) electrons. The monoisotopic (exact) mass is 239 g/mol. The molecular formula is C11H17N3O3. The van der Waals surface area contributed by atoms with Crippen LogP contribution in [0.3, 0.4) is 0 Å². The molecule has 94 valence electrons. The molecule has 0 bridgehead atoms. The Labute approximate surface area is 99.7 Å². The van der Waals surface area contributed by atoms with E-state index >= 15 is 0 Å². The van der Waals surface area contributed by atoms with E-state index < -0.39 is 0 Å². The molecule has 0 spiro atoms. The zero-order valence-electron chi connectivity index (χ0n) is 10.1. The van der Waals surface area contributed by atoms with E-state index in [4.69, 9.17) is 4.74 Å². The fourth-order valence-corrected chi connectivity index (χ4v) is 1.26. The van der Waals surface area contributed by atoms with Gasteiger partial charge in [-0.2, -0.15) is 5.10 Å². The first-order chi connectivity index (χ1) is 8.15. The Morgan fingerprint density at radius 1 is 1.41 bits per heavy atom. The number of hydrogen-bond acceptors (Lipinski definition) is 4. The Hall–Kier alpha value is -1.85. The topological polar surface area (TPSA) is 84.1 Å². The second-order valence-corrected chi connectivity index (χ2v) is 3.49. The summed E-state index contributed by atoms with van der Waals surface area (Å²) in [5, 5.41) is 9.31. The van der Waals surface area contributed by atoms with Crippen molar-refractivity contribution in [3.63, 3.8) is 0 Å². The van der Waals surface area contributed by atoms with Crippen LogP contribution in [0, 0.1) is 0 Å². The largest absolute Gasteiger partial charge is 0.466 e. The minimum atomic E-state index is -0.362. The highest BCUT2D eigenvalue weighted by atomic mass is 16.5.